The van der Waals surface area contributed by atoms with E-state index in [1.807, 2.05) is 0 Å². The lowest BCUT2D eigenvalue weighted by molar-refractivity contribution is 0.319. The molecule has 0 saturated carbocycles. The van der Waals surface area contributed by atoms with Gasteiger partial charge >= 0.3 is 0 Å². The van der Waals surface area contributed by atoms with Crippen LogP contribution in [0.2, 0.25) is 0 Å². The fourth-order valence-corrected chi connectivity index (χ4v) is 9.09. The SMILES string of the molecule is Brc1cccc2c1-c1c(Br)cccc1C1(c3ccccc3Oc3ccccc31)C21c2ccccc2Oc2ccccc21. The zero-order valence-corrected chi connectivity index (χ0v) is 25.4. The van der Waals surface area contributed by atoms with Gasteiger partial charge in [-0.1, -0.05) is 129 Å². The molecule has 6 aromatic carbocycles. The van der Waals surface area contributed by atoms with E-state index in [2.05, 4.69) is 165 Å². The van der Waals surface area contributed by atoms with Crippen LogP contribution in [0.3, 0.4) is 0 Å². The molecule has 4 heteroatoms. The number of para-hydroxylation sites is 4. The number of benzene rings is 6. The third kappa shape index (κ3) is 2.80. The van der Waals surface area contributed by atoms with Crippen molar-refractivity contribution in [1.82, 2.24) is 0 Å². The summed E-state index contributed by atoms with van der Waals surface area (Å²) in [5.41, 5.74) is 7.85. The molecule has 0 atom stereocenters. The van der Waals surface area contributed by atoms with Gasteiger partial charge in [-0.25, -0.2) is 0 Å². The van der Waals surface area contributed by atoms with Gasteiger partial charge in [0.25, 0.3) is 0 Å². The van der Waals surface area contributed by atoms with Crippen molar-refractivity contribution in [1.29, 1.82) is 0 Å². The molecule has 2 nitrogen and oxygen atoms in total. The van der Waals surface area contributed by atoms with Crippen LogP contribution in [-0.4, -0.2) is 0 Å². The molecule has 0 fully saturated rings. The maximum absolute atomic E-state index is 6.72. The highest BCUT2D eigenvalue weighted by molar-refractivity contribution is 9.11. The van der Waals surface area contributed by atoms with Crippen LogP contribution in [0.4, 0.5) is 0 Å². The summed E-state index contributed by atoms with van der Waals surface area (Å²) >= 11 is 8.03. The average molecular weight is 670 g/mol. The van der Waals surface area contributed by atoms with Crippen LogP contribution < -0.4 is 9.47 Å². The summed E-state index contributed by atoms with van der Waals surface area (Å²) < 4.78 is 15.5. The maximum atomic E-state index is 6.72. The first-order valence-corrected chi connectivity index (χ1v) is 15.6. The zero-order valence-electron chi connectivity index (χ0n) is 22.3. The van der Waals surface area contributed by atoms with Crippen LogP contribution in [-0.2, 0) is 10.8 Å². The number of hydrogen-bond donors (Lipinski definition) is 0. The molecular weight excluding hydrogens is 648 g/mol. The predicted octanol–water partition coefficient (Wildman–Crippen LogP) is 10.8. The molecule has 6 aromatic rings. The molecule has 0 N–H and O–H groups in total. The summed E-state index contributed by atoms with van der Waals surface area (Å²) in [4.78, 5) is 0. The molecule has 9 rings (SSSR count). The minimum Gasteiger partial charge on any atom is -0.457 e. The van der Waals surface area contributed by atoms with Crippen molar-refractivity contribution in [3.05, 3.63) is 176 Å². The van der Waals surface area contributed by atoms with E-state index in [-0.39, 0.29) is 0 Å². The normalized spacial score (nSPS) is 15.7. The Labute approximate surface area is 260 Å². The Morgan fingerprint density at radius 1 is 0.333 bits per heavy atom. The predicted molar refractivity (Wildman–Crippen MR) is 173 cm³/mol. The molecule has 200 valence electrons. The quantitative estimate of drug-likeness (QED) is 0.160. The van der Waals surface area contributed by atoms with Crippen molar-refractivity contribution in [3.63, 3.8) is 0 Å². The Hall–Kier alpha value is -4.12. The lowest BCUT2D eigenvalue weighted by Gasteiger charge is -2.59. The summed E-state index contributed by atoms with van der Waals surface area (Å²) in [6.45, 7) is 0. The molecule has 0 unspecified atom stereocenters. The second kappa shape index (κ2) is 8.70. The molecule has 0 saturated heterocycles. The highest BCUT2D eigenvalue weighted by Gasteiger charge is 2.66. The summed E-state index contributed by atoms with van der Waals surface area (Å²) in [6, 6.07) is 47.5. The molecule has 3 aliphatic rings. The molecule has 0 amide bonds. The smallest absolute Gasteiger partial charge is 0.131 e. The largest absolute Gasteiger partial charge is 0.457 e. The molecule has 2 aliphatic heterocycles. The van der Waals surface area contributed by atoms with Gasteiger partial charge in [0, 0.05) is 42.3 Å². The lowest BCUT2D eigenvalue weighted by atomic mass is 9.42. The lowest BCUT2D eigenvalue weighted by Crippen LogP contribution is -2.56. The van der Waals surface area contributed by atoms with Crippen LogP contribution in [0.15, 0.2) is 142 Å². The van der Waals surface area contributed by atoms with Gasteiger partial charge in [0.05, 0.1) is 10.8 Å². The number of ether oxygens (including phenoxy) is 2. The fourth-order valence-electron chi connectivity index (χ4n) is 7.96. The van der Waals surface area contributed by atoms with E-state index in [0.29, 0.717) is 0 Å². The Balaban J connectivity index is 1.65. The molecule has 1 aliphatic carbocycles. The van der Waals surface area contributed by atoms with E-state index in [1.165, 1.54) is 22.3 Å². The standard InChI is InChI=1S/C38H22Br2O2/c39-29-17-9-15-27-35(29)36-28(16-10-18-30(36)40)38(25-13-3-7-21-33(25)42-34-22-8-4-14-26(34)38)37(27)23-11-1-5-19-31(23)41-32-20-6-2-12-24(32)37/h1-22H. The van der Waals surface area contributed by atoms with E-state index in [1.54, 1.807) is 0 Å². The monoisotopic (exact) mass is 668 g/mol. The molecule has 2 heterocycles. The van der Waals surface area contributed by atoms with Crippen LogP contribution in [0.5, 0.6) is 23.0 Å². The first-order valence-electron chi connectivity index (χ1n) is 14.0. The highest BCUT2D eigenvalue weighted by Crippen LogP contribution is 2.72. The van der Waals surface area contributed by atoms with Crippen molar-refractivity contribution in [2.75, 3.05) is 0 Å². The maximum Gasteiger partial charge on any atom is 0.131 e. The van der Waals surface area contributed by atoms with Gasteiger partial charge in [0.15, 0.2) is 0 Å². The van der Waals surface area contributed by atoms with Crippen molar-refractivity contribution in [3.8, 4) is 34.1 Å². The molecule has 2 spiro atoms. The Morgan fingerprint density at radius 2 is 0.619 bits per heavy atom. The van der Waals surface area contributed by atoms with Crippen LogP contribution in [0, 0.1) is 0 Å². The van der Waals surface area contributed by atoms with Gasteiger partial charge in [-0.2, -0.15) is 0 Å². The molecule has 0 bridgehead atoms. The Bertz CT molecular complexity index is 1850. The second-order valence-corrected chi connectivity index (χ2v) is 12.7. The van der Waals surface area contributed by atoms with Gasteiger partial charge in [-0.3, -0.25) is 0 Å². The van der Waals surface area contributed by atoms with Crippen molar-refractivity contribution >= 4 is 31.9 Å². The van der Waals surface area contributed by atoms with Crippen LogP contribution >= 0.6 is 31.9 Å². The molecule has 42 heavy (non-hydrogen) atoms. The number of fused-ring (bicyclic) bond motifs is 14. The van der Waals surface area contributed by atoms with Gasteiger partial charge in [-0.05, 0) is 47.5 Å². The Morgan fingerprint density at radius 3 is 0.952 bits per heavy atom. The van der Waals surface area contributed by atoms with E-state index in [4.69, 9.17) is 9.47 Å². The first-order chi connectivity index (χ1) is 20.7. The first kappa shape index (κ1) is 24.5. The molecular formula is C38H22Br2O2. The number of rotatable bonds is 0. The van der Waals surface area contributed by atoms with Gasteiger partial charge < -0.3 is 9.47 Å². The van der Waals surface area contributed by atoms with Crippen LogP contribution in [0.1, 0.15) is 33.4 Å². The average Bonchev–Trinajstić information content (AvgIpc) is 3.03. The summed E-state index contributed by atoms with van der Waals surface area (Å²) in [5.74, 6) is 3.45. The van der Waals surface area contributed by atoms with Gasteiger partial charge in [0.2, 0.25) is 0 Å². The minimum absolute atomic E-state index is 0.721. The second-order valence-electron chi connectivity index (χ2n) is 11.0. The summed E-state index contributed by atoms with van der Waals surface area (Å²) in [7, 11) is 0. The molecule has 0 aromatic heterocycles. The van der Waals surface area contributed by atoms with E-state index in [0.717, 1.165) is 54.2 Å². The Kier molecular flexibility index (Phi) is 5.07. The topological polar surface area (TPSA) is 18.5 Å². The highest BCUT2D eigenvalue weighted by atomic mass is 79.9. The number of hydrogen-bond acceptors (Lipinski definition) is 2. The van der Waals surface area contributed by atoms with E-state index in [9.17, 15) is 0 Å². The van der Waals surface area contributed by atoms with Crippen LogP contribution in [0.25, 0.3) is 11.1 Å². The van der Waals surface area contributed by atoms with Crippen molar-refractivity contribution < 1.29 is 9.47 Å². The third-order valence-electron chi connectivity index (χ3n) is 9.25. The van der Waals surface area contributed by atoms with E-state index < -0.39 is 10.8 Å². The third-order valence-corrected chi connectivity index (χ3v) is 10.6. The number of halogens is 2. The summed E-state index contributed by atoms with van der Waals surface area (Å²) in [5, 5.41) is 0. The van der Waals surface area contributed by atoms with Crippen molar-refractivity contribution in [2.24, 2.45) is 0 Å². The minimum atomic E-state index is -0.721. The van der Waals surface area contributed by atoms with Gasteiger partial charge in [0.1, 0.15) is 23.0 Å². The zero-order chi connectivity index (χ0) is 28.1. The van der Waals surface area contributed by atoms with Crippen molar-refractivity contribution in [2.45, 2.75) is 10.8 Å². The van der Waals surface area contributed by atoms with E-state index >= 15 is 0 Å². The van der Waals surface area contributed by atoms with Gasteiger partial charge in [-0.15, -0.1) is 0 Å². The summed E-state index contributed by atoms with van der Waals surface area (Å²) in [6.07, 6.45) is 0. The fraction of sp³-hybridized carbons (Fsp3) is 0.0526. The molecule has 0 radical (unpaired) electrons.